The first-order chi connectivity index (χ1) is 4.00. The molecule has 0 fully saturated rings. The van der Waals surface area contributed by atoms with Crippen molar-refractivity contribution in [3.05, 3.63) is 30.6 Å². The zero-order chi connectivity index (χ0) is 6.24. The Morgan fingerprint density at radius 3 is 2.25 bits per heavy atom. The fourth-order valence-electron chi connectivity index (χ4n) is 0.277. The zero-order valence-corrected chi connectivity index (χ0v) is 5.13. The van der Waals surface area contributed by atoms with Crippen LogP contribution in [0.2, 0.25) is 0 Å². The molecule has 8 heavy (non-hydrogen) atoms. The molecule has 0 aliphatic carbocycles. The van der Waals surface area contributed by atoms with Gasteiger partial charge in [-0.2, -0.15) is 18.2 Å². The van der Waals surface area contributed by atoms with Crippen molar-refractivity contribution >= 4 is 0 Å². The van der Waals surface area contributed by atoms with E-state index in [0.29, 0.717) is 0 Å². The summed E-state index contributed by atoms with van der Waals surface area (Å²) in [7, 11) is 0. The van der Waals surface area contributed by atoms with Crippen LogP contribution in [0.15, 0.2) is 24.4 Å². The Balaban J connectivity index is 0.000000222. The van der Waals surface area contributed by atoms with Crippen LogP contribution in [0.4, 0.5) is 0 Å². The van der Waals surface area contributed by atoms with Gasteiger partial charge in [0, 0.05) is 0 Å². The second-order valence-corrected chi connectivity index (χ2v) is 0.959. The second-order valence-electron chi connectivity index (χ2n) is 0.959. The summed E-state index contributed by atoms with van der Waals surface area (Å²) in [5.41, 5.74) is 0. The van der Waals surface area contributed by atoms with Crippen molar-refractivity contribution in [2.45, 2.75) is 0 Å². The van der Waals surface area contributed by atoms with Crippen molar-refractivity contribution < 1.29 is 15.5 Å². The fourth-order valence-corrected chi connectivity index (χ4v) is 0.277. The van der Waals surface area contributed by atoms with Gasteiger partial charge in [0.15, 0.2) is 0 Å². The summed E-state index contributed by atoms with van der Waals surface area (Å²) in [5.74, 6) is 0. The fraction of sp³-hybridized carbons (Fsp3) is 0. The molecule has 2 nitrogen and oxygen atoms in total. The second kappa shape index (κ2) is 6.46. The number of pyridine rings is 1. The molecular weight excluding hydrogens is 147 g/mol. The van der Waals surface area contributed by atoms with Crippen LogP contribution in [0.5, 0.6) is 0 Å². The van der Waals surface area contributed by atoms with E-state index in [1.165, 1.54) is 0 Å². The Kier molecular flexibility index (Phi) is 6.02. The van der Waals surface area contributed by atoms with Crippen LogP contribution in [0.1, 0.15) is 0 Å². The Bertz CT molecular complexity index is 93.3. The molecule has 45 valence electrons. The van der Waals surface area contributed by atoms with E-state index in [2.05, 4.69) is 26.7 Å². The Labute approximate surface area is 56.1 Å². The summed E-state index contributed by atoms with van der Waals surface area (Å²) in [6.45, 7) is 0. The maximum atomic E-state index is 5.44. The van der Waals surface area contributed by atoms with E-state index in [1.54, 1.807) is 12.3 Å². The molecule has 0 unspecified atom stereocenters. The first kappa shape index (κ1) is 7.46. The van der Waals surface area contributed by atoms with E-state index in [-0.39, 0.29) is 0 Å². The van der Waals surface area contributed by atoms with E-state index in [9.17, 15) is 0 Å². The molecule has 1 N–H and O–H groups in total. The van der Waals surface area contributed by atoms with Crippen molar-refractivity contribution in [1.82, 2.24) is 4.98 Å². The minimum Gasteiger partial charge on any atom is -0.394 e. The Morgan fingerprint density at radius 2 is 2.12 bits per heavy atom. The monoisotopic (exact) mass is 152 g/mol. The van der Waals surface area contributed by atoms with E-state index in [0.717, 1.165) is 0 Å². The van der Waals surface area contributed by atoms with Gasteiger partial charge < -0.3 is 4.98 Å². The number of hydrogen-bond donors (Lipinski definition) is 1. The predicted molar refractivity (Wildman–Crippen MR) is 25.8 cm³/mol. The van der Waals surface area contributed by atoms with Gasteiger partial charge in [0.05, 0.1) is 0 Å². The van der Waals surface area contributed by atoms with Crippen molar-refractivity contribution in [2.75, 3.05) is 0 Å². The predicted octanol–water partition coefficient (Wildman–Crippen LogP) is 1.18. The number of rotatable bonds is 0. The van der Waals surface area contributed by atoms with Gasteiger partial charge in [-0.3, -0.25) is 0 Å². The standard InChI is InChI=1S/C5H4N.Co.HN/c1-2-4-6-5-3-1;;/h1-4H;;1H/q-1;;. The molecule has 0 saturated carbocycles. The van der Waals surface area contributed by atoms with Gasteiger partial charge in [-0.05, 0) is 0 Å². The maximum Gasteiger partial charge on any atom is -0.0813 e. The molecule has 0 saturated heterocycles. The summed E-state index contributed by atoms with van der Waals surface area (Å²) in [6.07, 6.45) is 4.34. The molecule has 1 aromatic rings. The third-order valence-electron chi connectivity index (χ3n) is 0.517. The molecule has 3 heteroatoms. The van der Waals surface area contributed by atoms with Crippen molar-refractivity contribution in [1.29, 1.82) is 4.41 Å². The minimum absolute atomic E-state index is 1.69. The number of aromatic nitrogens is 1. The van der Waals surface area contributed by atoms with Gasteiger partial charge in [0.25, 0.3) is 0 Å². The van der Waals surface area contributed by atoms with Crippen LogP contribution in [0.25, 0.3) is 0 Å². The van der Waals surface area contributed by atoms with E-state index in [4.69, 9.17) is 4.41 Å². The summed E-state index contributed by atoms with van der Waals surface area (Å²) >= 11 is 2.81. The topological polar surface area (TPSA) is 36.7 Å². The minimum atomic E-state index is 1.69. The van der Waals surface area contributed by atoms with Crippen molar-refractivity contribution in [2.24, 2.45) is 0 Å². The number of hydrogen-bond acceptors (Lipinski definition) is 2. The molecule has 0 atom stereocenters. The molecule has 0 amide bonds. The maximum absolute atomic E-state index is 5.44. The van der Waals surface area contributed by atoms with Crippen LogP contribution in [0.3, 0.4) is 0 Å². The molecule has 1 rings (SSSR count). The molecule has 0 spiro atoms. The molecule has 0 radical (unpaired) electrons. The smallest absolute Gasteiger partial charge is 0.0813 e. The number of nitrogens with zero attached hydrogens (tertiary/aromatic N) is 1. The Morgan fingerprint density at radius 1 is 1.38 bits per heavy atom. The average molecular weight is 152 g/mol. The van der Waals surface area contributed by atoms with E-state index >= 15 is 0 Å². The molecule has 1 heterocycles. The Hall–Kier alpha value is -0.544. The summed E-state index contributed by atoms with van der Waals surface area (Å²) in [6, 6.07) is 5.50. The van der Waals surface area contributed by atoms with Gasteiger partial charge >= 0.3 is 20.0 Å². The summed E-state index contributed by atoms with van der Waals surface area (Å²) < 4.78 is 5.44. The molecule has 0 aliphatic heterocycles. The zero-order valence-electron chi connectivity index (χ0n) is 4.09. The van der Waals surface area contributed by atoms with Crippen LogP contribution in [-0.2, 0) is 15.5 Å². The van der Waals surface area contributed by atoms with Crippen LogP contribution in [-0.4, -0.2) is 4.98 Å². The first-order valence-electron chi connectivity index (χ1n) is 1.94. The average Bonchev–Trinajstić information content (AvgIpc) is 1.96. The SMILES string of the molecule is [NH]=[Co].[c-]1ccccn1. The van der Waals surface area contributed by atoms with Crippen LogP contribution < -0.4 is 0 Å². The van der Waals surface area contributed by atoms with Gasteiger partial charge in [0.1, 0.15) is 0 Å². The largest absolute Gasteiger partial charge is 0.394 e. The van der Waals surface area contributed by atoms with Gasteiger partial charge in [-0.25, -0.2) is 0 Å². The summed E-state index contributed by atoms with van der Waals surface area (Å²) in [4.78, 5) is 3.66. The van der Waals surface area contributed by atoms with Gasteiger partial charge in [-0.1, -0.05) is 12.4 Å². The van der Waals surface area contributed by atoms with Crippen molar-refractivity contribution in [3.8, 4) is 0 Å². The van der Waals surface area contributed by atoms with Crippen LogP contribution in [0, 0.1) is 10.6 Å². The van der Waals surface area contributed by atoms with Gasteiger partial charge in [0.2, 0.25) is 0 Å². The number of nitrogens with one attached hydrogen (secondary N) is 1. The van der Waals surface area contributed by atoms with Gasteiger partial charge in [-0.15, -0.1) is 0 Å². The van der Waals surface area contributed by atoms with Crippen LogP contribution >= 0.6 is 0 Å². The van der Waals surface area contributed by atoms with Crippen molar-refractivity contribution in [3.63, 3.8) is 0 Å². The quantitative estimate of drug-likeness (QED) is 0.556. The van der Waals surface area contributed by atoms with E-state index in [1.807, 2.05) is 12.1 Å². The molecule has 1 aromatic heterocycles. The first-order valence-corrected chi connectivity index (χ1v) is 2.46. The van der Waals surface area contributed by atoms with E-state index < -0.39 is 0 Å². The molecule has 0 aliphatic rings. The molecular formula is C5H5CoN2-. The normalized spacial score (nSPS) is 6.62. The third kappa shape index (κ3) is 3.64. The summed E-state index contributed by atoms with van der Waals surface area (Å²) in [5, 5.41) is 0. The molecule has 0 aromatic carbocycles. The third-order valence-corrected chi connectivity index (χ3v) is 0.517. The molecule has 0 bridgehead atoms.